The Morgan fingerprint density at radius 1 is 1.43 bits per heavy atom. The normalized spacial score (nSPS) is 12.6. The number of rotatable bonds is 6. The number of likely N-dealkylation sites (N-methyl/N-ethyl adjacent to an activating group) is 1. The first-order valence-electron chi connectivity index (χ1n) is 7.17. The summed E-state index contributed by atoms with van der Waals surface area (Å²) in [4.78, 5) is 14.3. The van der Waals surface area contributed by atoms with Gasteiger partial charge in [-0.1, -0.05) is 6.92 Å². The highest BCUT2D eigenvalue weighted by molar-refractivity contribution is 5.79. The summed E-state index contributed by atoms with van der Waals surface area (Å²) >= 11 is 0. The van der Waals surface area contributed by atoms with Gasteiger partial charge < -0.3 is 9.47 Å². The maximum atomic E-state index is 12.6. The lowest BCUT2D eigenvalue weighted by Crippen LogP contribution is -2.35. The van der Waals surface area contributed by atoms with Crippen LogP contribution in [0.2, 0.25) is 0 Å². The summed E-state index contributed by atoms with van der Waals surface area (Å²) in [5, 5.41) is 12.2. The van der Waals surface area contributed by atoms with Crippen LogP contribution in [-0.4, -0.2) is 42.4 Å². The second kappa shape index (κ2) is 6.51. The van der Waals surface area contributed by atoms with Gasteiger partial charge in [-0.15, -0.1) is 10.2 Å². The molecule has 2 aromatic rings. The molecule has 2 rings (SSSR count). The minimum atomic E-state index is -0.277. The van der Waals surface area contributed by atoms with Gasteiger partial charge in [0.05, 0.1) is 6.54 Å². The van der Waals surface area contributed by atoms with Gasteiger partial charge in [-0.3, -0.25) is 9.48 Å². The average molecular weight is 290 g/mol. The number of hydrogen-bond donors (Lipinski definition) is 0. The molecule has 21 heavy (non-hydrogen) atoms. The maximum absolute atomic E-state index is 12.6. The zero-order valence-electron chi connectivity index (χ0n) is 13.0. The molecule has 0 spiro atoms. The second-order valence-electron chi connectivity index (χ2n) is 5.35. The lowest BCUT2D eigenvalue weighted by molar-refractivity contribution is -0.134. The Morgan fingerprint density at radius 2 is 2.19 bits per heavy atom. The molecule has 1 amide bonds. The molecule has 0 saturated heterocycles. The fraction of sp³-hybridized carbons (Fsp3) is 0.571. The number of amides is 1. The van der Waals surface area contributed by atoms with Crippen molar-refractivity contribution in [3.63, 3.8) is 0 Å². The van der Waals surface area contributed by atoms with Gasteiger partial charge in [-0.25, -0.2) is 0 Å². The summed E-state index contributed by atoms with van der Waals surface area (Å²) in [6.07, 6.45) is 5.90. The third kappa shape index (κ3) is 3.29. The summed E-state index contributed by atoms with van der Waals surface area (Å²) in [6, 6.07) is 1.82. The first kappa shape index (κ1) is 15.2. The van der Waals surface area contributed by atoms with E-state index in [1.807, 2.05) is 23.8 Å². The van der Waals surface area contributed by atoms with E-state index in [1.54, 1.807) is 29.2 Å². The van der Waals surface area contributed by atoms with Gasteiger partial charge in [-0.05, 0) is 26.3 Å². The molecule has 2 heterocycles. The van der Waals surface area contributed by atoms with Crippen LogP contribution in [0.25, 0.3) is 0 Å². The highest BCUT2D eigenvalue weighted by Gasteiger charge is 2.23. The van der Waals surface area contributed by atoms with Gasteiger partial charge in [0, 0.05) is 25.5 Å². The van der Waals surface area contributed by atoms with Crippen molar-refractivity contribution in [1.29, 1.82) is 0 Å². The van der Waals surface area contributed by atoms with Gasteiger partial charge in [-0.2, -0.15) is 5.10 Å². The highest BCUT2D eigenvalue weighted by atomic mass is 16.2. The molecule has 7 heteroatoms. The van der Waals surface area contributed by atoms with Crippen LogP contribution < -0.4 is 0 Å². The van der Waals surface area contributed by atoms with E-state index < -0.39 is 0 Å². The van der Waals surface area contributed by atoms with Crippen molar-refractivity contribution < 1.29 is 4.79 Å². The molecule has 2 aromatic heterocycles. The van der Waals surface area contributed by atoms with E-state index in [0.29, 0.717) is 13.0 Å². The third-order valence-electron chi connectivity index (χ3n) is 3.47. The van der Waals surface area contributed by atoms with Gasteiger partial charge in [0.1, 0.15) is 12.4 Å². The minimum absolute atomic E-state index is 0.0273. The molecule has 0 radical (unpaired) electrons. The molecular weight excluding hydrogens is 268 g/mol. The molecule has 0 aromatic carbocycles. The van der Waals surface area contributed by atoms with E-state index in [9.17, 15) is 4.79 Å². The number of carbonyl (C=O) groups excluding carboxylic acids is 1. The predicted molar refractivity (Wildman–Crippen MR) is 78.4 cm³/mol. The van der Waals surface area contributed by atoms with Crippen LogP contribution in [0, 0.1) is 0 Å². The van der Waals surface area contributed by atoms with Crippen LogP contribution in [0.1, 0.15) is 45.1 Å². The van der Waals surface area contributed by atoms with Crippen LogP contribution in [0.3, 0.4) is 0 Å². The van der Waals surface area contributed by atoms with Crippen LogP contribution >= 0.6 is 0 Å². The topological polar surface area (TPSA) is 68.8 Å². The third-order valence-corrected chi connectivity index (χ3v) is 3.47. The van der Waals surface area contributed by atoms with Crippen molar-refractivity contribution in [3.8, 4) is 0 Å². The average Bonchev–Trinajstić information content (AvgIpc) is 3.10. The molecule has 7 nitrogen and oxygen atoms in total. The maximum Gasteiger partial charge on any atom is 0.247 e. The Morgan fingerprint density at radius 3 is 2.76 bits per heavy atom. The van der Waals surface area contributed by atoms with E-state index in [0.717, 1.165) is 5.82 Å². The SMILES string of the molecule is CC[C@H](C(=O)N(C)Cc1nncn1C(C)C)n1cccn1. The van der Waals surface area contributed by atoms with Gasteiger partial charge in [0.15, 0.2) is 5.82 Å². The van der Waals surface area contributed by atoms with Gasteiger partial charge >= 0.3 is 0 Å². The summed E-state index contributed by atoms with van der Waals surface area (Å²) in [6.45, 7) is 6.55. The molecule has 0 unspecified atom stereocenters. The van der Waals surface area contributed by atoms with Crippen LogP contribution in [0.5, 0.6) is 0 Å². The molecular formula is C14H22N6O. The Labute approximate surface area is 124 Å². The number of nitrogens with zero attached hydrogens (tertiary/aromatic N) is 6. The fourth-order valence-corrected chi connectivity index (χ4v) is 2.30. The van der Waals surface area contributed by atoms with Crippen molar-refractivity contribution >= 4 is 5.91 Å². The van der Waals surface area contributed by atoms with E-state index in [1.165, 1.54) is 0 Å². The number of aromatic nitrogens is 5. The predicted octanol–water partition coefficient (Wildman–Crippen LogP) is 1.67. The Hall–Kier alpha value is -2.18. The van der Waals surface area contributed by atoms with E-state index in [2.05, 4.69) is 29.1 Å². The molecule has 0 saturated carbocycles. The summed E-state index contributed by atoms with van der Waals surface area (Å²) in [5.74, 6) is 0.815. The molecule has 114 valence electrons. The summed E-state index contributed by atoms with van der Waals surface area (Å²) in [5.41, 5.74) is 0. The van der Waals surface area contributed by atoms with Crippen LogP contribution in [-0.2, 0) is 11.3 Å². The first-order chi connectivity index (χ1) is 10.0. The zero-order valence-corrected chi connectivity index (χ0v) is 13.0. The van der Waals surface area contributed by atoms with Gasteiger partial charge in [0.2, 0.25) is 5.91 Å². The quantitative estimate of drug-likeness (QED) is 0.811. The van der Waals surface area contributed by atoms with Crippen molar-refractivity contribution in [2.24, 2.45) is 0 Å². The monoisotopic (exact) mass is 290 g/mol. The standard InChI is InChI=1S/C14H22N6O/c1-5-12(20-8-6-7-16-20)14(21)18(4)9-13-17-15-10-19(13)11(2)3/h6-8,10-12H,5,9H2,1-4H3/t12-/m1/s1. The number of carbonyl (C=O) groups is 1. The lowest BCUT2D eigenvalue weighted by Gasteiger charge is -2.23. The lowest BCUT2D eigenvalue weighted by atomic mass is 10.2. The molecule has 0 aliphatic rings. The largest absolute Gasteiger partial charge is 0.336 e. The fourth-order valence-electron chi connectivity index (χ4n) is 2.30. The number of hydrogen-bond acceptors (Lipinski definition) is 4. The van der Waals surface area contributed by atoms with Crippen LogP contribution in [0.4, 0.5) is 0 Å². The molecule has 1 atom stereocenters. The molecule has 0 fully saturated rings. The molecule has 0 aliphatic heterocycles. The first-order valence-corrected chi connectivity index (χ1v) is 7.17. The molecule has 0 N–H and O–H groups in total. The van der Waals surface area contributed by atoms with Crippen LogP contribution in [0.15, 0.2) is 24.8 Å². The smallest absolute Gasteiger partial charge is 0.247 e. The van der Waals surface area contributed by atoms with E-state index >= 15 is 0 Å². The Balaban J connectivity index is 2.10. The van der Waals surface area contributed by atoms with Crippen molar-refractivity contribution in [3.05, 3.63) is 30.6 Å². The summed E-state index contributed by atoms with van der Waals surface area (Å²) in [7, 11) is 1.79. The van der Waals surface area contributed by atoms with Crippen molar-refractivity contribution in [1.82, 2.24) is 29.4 Å². The molecule has 0 aliphatic carbocycles. The van der Waals surface area contributed by atoms with E-state index in [4.69, 9.17) is 0 Å². The van der Waals surface area contributed by atoms with Gasteiger partial charge in [0.25, 0.3) is 0 Å². The molecule has 0 bridgehead atoms. The van der Waals surface area contributed by atoms with Crippen molar-refractivity contribution in [2.45, 2.75) is 45.8 Å². The Bertz CT molecular complexity index is 574. The summed E-state index contributed by atoms with van der Waals surface area (Å²) < 4.78 is 3.67. The Kier molecular flexibility index (Phi) is 4.72. The second-order valence-corrected chi connectivity index (χ2v) is 5.35. The zero-order chi connectivity index (χ0) is 15.4. The van der Waals surface area contributed by atoms with Crippen molar-refractivity contribution in [2.75, 3.05) is 7.05 Å². The minimum Gasteiger partial charge on any atom is -0.336 e. The van der Waals surface area contributed by atoms with E-state index in [-0.39, 0.29) is 18.0 Å². The highest BCUT2D eigenvalue weighted by Crippen LogP contribution is 2.15.